The molecular weight excluding hydrogens is 314 g/mol. The lowest BCUT2D eigenvalue weighted by molar-refractivity contribution is -0.0597. The molecule has 1 aliphatic carbocycles. The molecule has 7 nitrogen and oxygen atoms in total. The Labute approximate surface area is 144 Å². The van der Waals surface area contributed by atoms with Crippen LogP contribution in [0, 0.1) is 11.3 Å². The second-order valence-electron chi connectivity index (χ2n) is 6.87. The number of carbonyl (C=O) groups is 1. The van der Waals surface area contributed by atoms with Gasteiger partial charge in [-0.25, -0.2) is 4.79 Å². The van der Waals surface area contributed by atoms with Gasteiger partial charge in [-0.1, -0.05) is 26.2 Å². The summed E-state index contributed by atoms with van der Waals surface area (Å²) in [5.74, 6) is 0.614. The number of ether oxygens (including phenoxy) is 2. The molecule has 24 heavy (non-hydrogen) atoms. The fourth-order valence-electron chi connectivity index (χ4n) is 3.08. The monoisotopic (exact) mass is 347 g/mol. The average molecular weight is 347 g/mol. The van der Waals surface area contributed by atoms with Crippen molar-refractivity contribution in [2.45, 2.75) is 57.7 Å². The third-order valence-electron chi connectivity index (χ3n) is 4.98. The van der Waals surface area contributed by atoms with Gasteiger partial charge in [0.15, 0.2) is 0 Å². The van der Waals surface area contributed by atoms with Crippen LogP contribution in [-0.4, -0.2) is 67.1 Å². The number of methoxy groups -OCH3 is 1. The summed E-state index contributed by atoms with van der Waals surface area (Å²) in [4.78, 5) is 12.0. The van der Waals surface area contributed by atoms with Gasteiger partial charge in [-0.2, -0.15) is 0 Å². The van der Waals surface area contributed by atoms with E-state index >= 15 is 0 Å². The molecule has 1 aliphatic rings. The molecule has 0 aromatic rings. The molecule has 1 amide bonds. The normalized spacial score (nSPS) is 24.6. The third-order valence-corrected chi connectivity index (χ3v) is 4.98. The van der Waals surface area contributed by atoms with Crippen LogP contribution in [0.15, 0.2) is 0 Å². The van der Waals surface area contributed by atoms with Crippen LogP contribution in [0.5, 0.6) is 0 Å². The van der Waals surface area contributed by atoms with E-state index in [1.165, 1.54) is 19.3 Å². The lowest BCUT2D eigenvalue weighted by Crippen LogP contribution is -2.47. The first-order valence-electron chi connectivity index (χ1n) is 8.84. The maximum atomic E-state index is 12.0. The molecular formula is C17H33NO6. The number of aliphatic hydroxyl groups excluding tert-OH is 3. The number of unbranched alkanes of at least 4 members (excludes halogenated alkanes) is 1. The van der Waals surface area contributed by atoms with Crippen LogP contribution < -0.4 is 5.32 Å². The summed E-state index contributed by atoms with van der Waals surface area (Å²) in [6, 6.07) is 0. The van der Waals surface area contributed by atoms with Crippen molar-refractivity contribution in [1.29, 1.82) is 0 Å². The van der Waals surface area contributed by atoms with Gasteiger partial charge < -0.3 is 30.1 Å². The Morgan fingerprint density at radius 3 is 2.38 bits per heavy atom. The zero-order valence-electron chi connectivity index (χ0n) is 14.9. The van der Waals surface area contributed by atoms with Crippen LogP contribution in [0.1, 0.15) is 45.4 Å². The summed E-state index contributed by atoms with van der Waals surface area (Å²) >= 11 is 0. The standard InChI is InChI=1S/C17H33NO6/c1-3-4-5-13-6-7-14(15(8-13)23-2)24-16(22)18-9-17(10-19,11-20)12-21/h13-15,19-21H,3-12H2,1-2H3,(H,18,22). The van der Waals surface area contributed by atoms with E-state index in [0.717, 1.165) is 19.3 Å². The topological polar surface area (TPSA) is 108 Å². The number of hydrogen-bond acceptors (Lipinski definition) is 6. The molecule has 0 bridgehead atoms. The number of amides is 1. The van der Waals surface area contributed by atoms with Crippen molar-refractivity contribution in [3.05, 3.63) is 0 Å². The summed E-state index contributed by atoms with van der Waals surface area (Å²) < 4.78 is 11.0. The highest BCUT2D eigenvalue weighted by Gasteiger charge is 2.34. The summed E-state index contributed by atoms with van der Waals surface area (Å²) in [5.41, 5.74) is -1.14. The van der Waals surface area contributed by atoms with E-state index in [1.54, 1.807) is 7.11 Å². The van der Waals surface area contributed by atoms with Gasteiger partial charge in [0.1, 0.15) is 6.10 Å². The molecule has 7 heteroatoms. The highest BCUT2D eigenvalue weighted by molar-refractivity contribution is 5.67. The number of rotatable bonds is 10. The van der Waals surface area contributed by atoms with E-state index in [1.807, 2.05) is 0 Å². The van der Waals surface area contributed by atoms with Gasteiger partial charge in [0, 0.05) is 13.7 Å². The van der Waals surface area contributed by atoms with Crippen molar-refractivity contribution in [2.24, 2.45) is 11.3 Å². The minimum Gasteiger partial charge on any atom is -0.443 e. The molecule has 3 unspecified atom stereocenters. The van der Waals surface area contributed by atoms with Gasteiger partial charge in [0.25, 0.3) is 0 Å². The van der Waals surface area contributed by atoms with Crippen molar-refractivity contribution in [1.82, 2.24) is 5.32 Å². The largest absolute Gasteiger partial charge is 0.443 e. The van der Waals surface area contributed by atoms with Crippen molar-refractivity contribution >= 4 is 6.09 Å². The molecule has 0 aromatic carbocycles. The maximum absolute atomic E-state index is 12.0. The van der Waals surface area contributed by atoms with Crippen LogP contribution in [0.25, 0.3) is 0 Å². The third kappa shape index (κ3) is 6.20. The summed E-state index contributed by atoms with van der Waals surface area (Å²) in [5, 5.41) is 30.3. The van der Waals surface area contributed by atoms with Gasteiger partial charge in [0.2, 0.25) is 0 Å². The second-order valence-corrected chi connectivity index (χ2v) is 6.87. The van der Waals surface area contributed by atoms with Crippen molar-refractivity contribution in [3.8, 4) is 0 Å². The van der Waals surface area contributed by atoms with Gasteiger partial charge in [-0.3, -0.25) is 0 Å². The van der Waals surface area contributed by atoms with E-state index in [4.69, 9.17) is 9.47 Å². The molecule has 0 radical (unpaired) electrons. The molecule has 0 saturated heterocycles. The van der Waals surface area contributed by atoms with E-state index in [9.17, 15) is 20.1 Å². The van der Waals surface area contributed by atoms with Crippen molar-refractivity contribution < 1.29 is 29.6 Å². The average Bonchev–Trinajstić information content (AvgIpc) is 2.62. The van der Waals surface area contributed by atoms with Gasteiger partial charge in [-0.15, -0.1) is 0 Å². The number of carbonyl (C=O) groups excluding carboxylic acids is 1. The van der Waals surface area contributed by atoms with Gasteiger partial charge in [0.05, 0.1) is 31.3 Å². The Kier molecular flexibility index (Phi) is 9.58. The fourth-order valence-corrected chi connectivity index (χ4v) is 3.08. The zero-order chi connectivity index (χ0) is 18.0. The van der Waals surface area contributed by atoms with Gasteiger partial charge in [-0.05, 0) is 25.2 Å². The zero-order valence-corrected chi connectivity index (χ0v) is 14.9. The number of alkyl carbamates (subject to hydrolysis) is 1. The minimum atomic E-state index is -1.14. The predicted octanol–water partition coefficient (Wildman–Crippen LogP) is 1.05. The van der Waals surface area contributed by atoms with E-state index in [0.29, 0.717) is 5.92 Å². The van der Waals surface area contributed by atoms with E-state index in [2.05, 4.69) is 12.2 Å². The Morgan fingerprint density at radius 1 is 1.17 bits per heavy atom. The molecule has 0 aromatic heterocycles. The van der Waals surface area contributed by atoms with Crippen LogP contribution >= 0.6 is 0 Å². The first-order valence-corrected chi connectivity index (χ1v) is 8.84. The minimum absolute atomic E-state index is 0.0567. The molecule has 1 fully saturated rings. The van der Waals surface area contributed by atoms with Gasteiger partial charge >= 0.3 is 6.09 Å². The number of aliphatic hydroxyl groups is 3. The molecule has 1 saturated carbocycles. The molecule has 3 atom stereocenters. The van der Waals surface area contributed by atoms with Crippen LogP contribution in [-0.2, 0) is 9.47 Å². The quantitative estimate of drug-likeness (QED) is 0.470. The number of hydrogen-bond donors (Lipinski definition) is 4. The smallest absolute Gasteiger partial charge is 0.407 e. The van der Waals surface area contributed by atoms with Crippen LogP contribution in [0.3, 0.4) is 0 Å². The molecule has 1 rings (SSSR count). The summed E-state index contributed by atoms with van der Waals surface area (Å²) in [6.45, 7) is 0.841. The molecule has 4 N–H and O–H groups in total. The Bertz CT molecular complexity index is 353. The highest BCUT2D eigenvalue weighted by Crippen LogP contribution is 2.31. The molecule has 0 spiro atoms. The lowest BCUT2D eigenvalue weighted by atomic mass is 9.82. The predicted molar refractivity (Wildman–Crippen MR) is 89.6 cm³/mol. The van der Waals surface area contributed by atoms with Crippen LogP contribution in [0.2, 0.25) is 0 Å². The first-order chi connectivity index (χ1) is 11.5. The molecule has 0 aliphatic heterocycles. The van der Waals surface area contributed by atoms with E-state index < -0.39 is 31.3 Å². The SMILES string of the molecule is CCCCC1CCC(OC(=O)NCC(CO)(CO)CO)C(OC)C1. The maximum Gasteiger partial charge on any atom is 0.407 e. The van der Waals surface area contributed by atoms with E-state index in [-0.39, 0.29) is 18.8 Å². The highest BCUT2D eigenvalue weighted by atomic mass is 16.6. The second kappa shape index (κ2) is 10.9. The van der Waals surface area contributed by atoms with Crippen molar-refractivity contribution in [2.75, 3.05) is 33.5 Å². The molecule has 142 valence electrons. The van der Waals surface area contributed by atoms with Crippen LogP contribution in [0.4, 0.5) is 4.79 Å². The Balaban J connectivity index is 2.45. The Morgan fingerprint density at radius 2 is 1.83 bits per heavy atom. The summed E-state index contributed by atoms with van der Waals surface area (Å²) in [6.07, 6.45) is 5.23. The fraction of sp³-hybridized carbons (Fsp3) is 0.941. The molecule has 0 heterocycles. The Hall–Kier alpha value is -0.890. The lowest BCUT2D eigenvalue weighted by Gasteiger charge is -2.35. The van der Waals surface area contributed by atoms with Crippen molar-refractivity contribution in [3.63, 3.8) is 0 Å². The first kappa shape index (κ1) is 21.2. The number of nitrogens with one attached hydrogen (secondary N) is 1. The summed E-state index contributed by atoms with van der Waals surface area (Å²) in [7, 11) is 1.63.